The number of hydrogen-bond donors (Lipinski definition) is 1. The van der Waals surface area contributed by atoms with Gasteiger partial charge >= 0.3 is 0 Å². The van der Waals surface area contributed by atoms with Gasteiger partial charge in [0, 0.05) is 22.7 Å². The van der Waals surface area contributed by atoms with Crippen LogP contribution in [-0.4, -0.2) is 17.9 Å². The molecule has 0 aliphatic heterocycles. The van der Waals surface area contributed by atoms with Crippen LogP contribution in [0.1, 0.15) is 10.4 Å². The minimum atomic E-state index is -0.558. The Morgan fingerprint density at radius 3 is 2.67 bits per heavy atom. The molecule has 0 spiro atoms. The van der Waals surface area contributed by atoms with Crippen molar-refractivity contribution in [3.8, 4) is 5.75 Å². The lowest BCUT2D eigenvalue weighted by Crippen LogP contribution is -2.12. The second-order valence-electron chi connectivity index (χ2n) is 4.14. The Bertz CT molecular complexity index is 703. The number of hydrogen-bond acceptors (Lipinski definition) is 4. The standard InChI is InChI=1S/C14H11ClN2O4/c1-21-13-7-11(6-12(8-13)17(19)20)16-14(18)9-3-2-4-10(15)5-9/h2-8H,1H3,(H,16,18). The number of halogens is 1. The molecule has 0 bridgehead atoms. The smallest absolute Gasteiger partial charge is 0.275 e. The Morgan fingerprint density at radius 2 is 2.05 bits per heavy atom. The van der Waals surface area contributed by atoms with Crippen molar-refractivity contribution in [1.82, 2.24) is 0 Å². The van der Waals surface area contributed by atoms with Crippen LogP contribution in [-0.2, 0) is 0 Å². The van der Waals surface area contributed by atoms with Gasteiger partial charge in [-0.1, -0.05) is 17.7 Å². The van der Waals surface area contributed by atoms with E-state index in [2.05, 4.69) is 5.32 Å². The van der Waals surface area contributed by atoms with Gasteiger partial charge in [0.05, 0.1) is 23.8 Å². The molecule has 6 nitrogen and oxygen atoms in total. The number of nitro benzene ring substituents is 1. The number of benzene rings is 2. The molecular formula is C14H11ClN2O4. The third kappa shape index (κ3) is 3.70. The van der Waals surface area contributed by atoms with E-state index < -0.39 is 10.8 Å². The highest BCUT2D eigenvalue weighted by Crippen LogP contribution is 2.26. The molecule has 0 saturated carbocycles. The van der Waals surface area contributed by atoms with Crippen LogP contribution < -0.4 is 10.1 Å². The molecule has 2 rings (SSSR count). The summed E-state index contributed by atoms with van der Waals surface area (Å²) < 4.78 is 4.98. The molecule has 0 heterocycles. The van der Waals surface area contributed by atoms with E-state index in [-0.39, 0.29) is 17.1 Å². The monoisotopic (exact) mass is 306 g/mol. The van der Waals surface area contributed by atoms with E-state index in [4.69, 9.17) is 16.3 Å². The fraction of sp³-hybridized carbons (Fsp3) is 0.0714. The van der Waals surface area contributed by atoms with Crippen LogP contribution in [0.5, 0.6) is 5.75 Å². The van der Waals surface area contributed by atoms with E-state index in [1.807, 2.05) is 0 Å². The number of ether oxygens (including phenoxy) is 1. The number of nitrogens with one attached hydrogen (secondary N) is 1. The quantitative estimate of drug-likeness (QED) is 0.692. The molecule has 0 fully saturated rings. The van der Waals surface area contributed by atoms with Gasteiger partial charge < -0.3 is 10.1 Å². The lowest BCUT2D eigenvalue weighted by molar-refractivity contribution is -0.384. The Morgan fingerprint density at radius 1 is 1.29 bits per heavy atom. The summed E-state index contributed by atoms with van der Waals surface area (Å²) in [6.45, 7) is 0. The summed E-state index contributed by atoms with van der Waals surface area (Å²) in [6, 6.07) is 10.4. The Balaban J connectivity index is 2.28. The zero-order chi connectivity index (χ0) is 15.4. The summed E-state index contributed by atoms with van der Waals surface area (Å²) >= 11 is 5.82. The van der Waals surface area contributed by atoms with Gasteiger partial charge in [-0.2, -0.15) is 0 Å². The fourth-order valence-electron chi connectivity index (χ4n) is 1.71. The molecule has 2 aromatic carbocycles. The first-order valence-corrected chi connectivity index (χ1v) is 6.28. The predicted octanol–water partition coefficient (Wildman–Crippen LogP) is 3.51. The van der Waals surface area contributed by atoms with Gasteiger partial charge in [-0.25, -0.2) is 0 Å². The topological polar surface area (TPSA) is 81.5 Å². The van der Waals surface area contributed by atoms with Crippen LogP contribution in [0.3, 0.4) is 0 Å². The highest BCUT2D eigenvalue weighted by Gasteiger charge is 2.13. The van der Waals surface area contributed by atoms with Crippen molar-refractivity contribution in [2.45, 2.75) is 0 Å². The number of anilines is 1. The molecule has 108 valence electrons. The van der Waals surface area contributed by atoms with Crippen molar-refractivity contribution in [2.75, 3.05) is 12.4 Å². The third-order valence-corrected chi connectivity index (χ3v) is 2.92. The number of carbonyl (C=O) groups is 1. The maximum atomic E-state index is 12.1. The molecule has 0 saturated heterocycles. The van der Waals surface area contributed by atoms with E-state index >= 15 is 0 Å². The van der Waals surface area contributed by atoms with E-state index in [1.165, 1.54) is 31.4 Å². The Labute approximate surface area is 125 Å². The van der Waals surface area contributed by atoms with Crippen molar-refractivity contribution in [3.05, 3.63) is 63.2 Å². The number of non-ortho nitro benzene ring substituents is 1. The third-order valence-electron chi connectivity index (χ3n) is 2.68. The maximum absolute atomic E-state index is 12.1. The molecule has 0 aromatic heterocycles. The lowest BCUT2D eigenvalue weighted by Gasteiger charge is -2.07. The molecule has 21 heavy (non-hydrogen) atoms. The van der Waals surface area contributed by atoms with E-state index in [0.29, 0.717) is 10.6 Å². The largest absolute Gasteiger partial charge is 0.496 e. The first kappa shape index (κ1) is 14.8. The molecule has 0 aliphatic carbocycles. The number of methoxy groups -OCH3 is 1. The molecule has 0 unspecified atom stereocenters. The minimum absolute atomic E-state index is 0.171. The van der Waals surface area contributed by atoms with Crippen LogP contribution in [0.25, 0.3) is 0 Å². The minimum Gasteiger partial charge on any atom is -0.496 e. The maximum Gasteiger partial charge on any atom is 0.275 e. The van der Waals surface area contributed by atoms with Gasteiger partial charge in [0.15, 0.2) is 0 Å². The summed E-state index contributed by atoms with van der Waals surface area (Å²) in [6.07, 6.45) is 0. The zero-order valence-corrected chi connectivity index (χ0v) is 11.8. The van der Waals surface area contributed by atoms with Gasteiger partial charge in [0.2, 0.25) is 0 Å². The van der Waals surface area contributed by atoms with Crippen LogP contribution >= 0.6 is 11.6 Å². The molecule has 0 aliphatic rings. The molecule has 7 heteroatoms. The summed E-state index contributed by atoms with van der Waals surface area (Å²) in [5.41, 5.74) is 0.453. The Hall–Kier alpha value is -2.60. The summed E-state index contributed by atoms with van der Waals surface area (Å²) in [7, 11) is 1.39. The van der Waals surface area contributed by atoms with Crippen molar-refractivity contribution in [1.29, 1.82) is 0 Å². The Kier molecular flexibility index (Phi) is 4.39. The van der Waals surface area contributed by atoms with Gasteiger partial charge in [-0.05, 0) is 18.2 Å². The molecule has 0 atom stereocenters. The van der Waals surface area contributed by atoms with Crippen molar-refractivity contribution in [2.24, 2.45) is 0 Å². The molecular weight excluding hydrogens is 296 g/mol. The number of nitrogens with zero attached hydrogens (tertiary/aromatic N) is 1. The summed E-state index contributed by atoms with van der Waals surface area (Å²) in [4.78, 5) is 22.4. The first-order chi connectivity index (χ1) is 9.99. The molecule has 1 amide bonds. The zero-order valence-electron chi connectivity index (χ0n) is 11.0. The van der Waals surface area contributed by atoms with E-state index in [9.17, 15) is 14.9 Å². The average Bonchev–Trinajstić information content (AvgIpc) is 2.46. The number of rotatable bonds is 4. The fourth-order valence-corrected chi connectivity index (χ4v) is 1.90. The van der Waals surface area contributed by atoms with Crippen molar-refractivity contribution >= 4 is 28.9 Å². The highest BCUT2D eigenvalue weighted by atomic mass is 35.5. The number of nitro groups is 1. The SMILES string of the molecule is COc1cc(NC(=O)c2cccc(Cl)c2)cc([N+](=O)[O-])c1. The van der Waals surface area contributed by atoms with Gasteiger partial charge in [-0.3, -0.25) is 14.9 Å². The first-order valence-electron chi connectivity index (χ1n) is 5.90. The second kappa shape index (κ2) is 6.23. The molecule has 1 N–H and O–H groups in total. The lowest BCUT2D eigenvalue weighted by atomic mass is 10.2. The van der Waals surface area contributed by atoms with E-state index in [1.54, 1.807) is 18.2 Å². The highest BCUT2D eigenvalue weighted by molar-refractivity contribution is 6.31. The summed E-state index contributed by atoms with van der Waals surface area (Å²) in [5, 5.41) is 13.8. The van der Waals surface area contributed by atoms with Crippen molar-refractivity contribution < 1.29 is 14.5 Å². The van der Waals surface area contributed by atoms with Crippen LogP contribution in [0, 0.1) is 10.1 Å². The normalized spacial score (nSPS) is 10.0. The van der Waals surface area contributed by atoms with Gasteiger partial charge in [0.25, 0.3) is 11.6 Å². The van der Waals surface area contributed by atoms with E-state index in [0.717, 1.165) is 0 Å². The van der Waals surface area contributed by atoms with Crippen LogP contribution in [0.15, 0.2) is 42.5 Å². The van der Waals surface area contributed by atoms with Gasteiger partial charge in [0.1, 0.15) is 5.75 Å². The summed E-state index contributed by atoms with van der Waals surface area (Å²) in [5.74, 6) is -0.134. The second-order valence-corrected chi connectivity index (χ2v) is 4.58. The van der Waals surface area contributed by atoms with Crippen LogP contribution in [0.2, 0.25) is 5.02 Å². The van der Waals surface area contributed by atoms with Crippen LogP contribution in [0.4, 0.5) is 11.4 Å². The average molecular weight is 307 g/mol. The number of carbonyl (C=O) groups excluding carboxylic acids is 1. The predicted molar refractivity (Wildman–Crippen MR) is 79.1 cm³/mol. The van der Waals surface area contributed by atoms with Crippen molar-refractivity contribution in [3.63, 3.8) is 0 Å². The van der Waals surface area contributed by atoms with Gasteiger partial charge in [-0.15, -0.1) is 0 Å². The number of amides is 1. The molecule has 2 aromatic rings. The molecule has 0 radical (unpaired) electrons.